The Hall–Kier alpha value is -1.39. The van der Waals surface area contributed by atoms with Crippen LogP contribution in [0.25, 0.3) is 0 Å². The quantitative estimate of drug-likeness (QED) is 0.424. The van der Waals surface area contributed by atoms with E-state index in [9.17, 15) is 4.79 Å². The molecule has 0 fully saturated rings. The van der Waals surface area contributed by atoms with Crippen LogP contribution >= 0.6 is 0 Å². The Kier molecular flexibility index (Phi) is 9.49. The first-order valence-electron chi connectivity index (χ1n) is 8.27. The predicted molar refractivity (Wildman–Crippen MR) is 81.2 cm³/mol. The number of unbranched alkanes of at least 4 members (excludes halogenated alkanes) is 8. The topological polar surface area (TPSA) is 65.2 Å². The summed E-state index contributed by atoms with van der Waals surface area (Å²) in [4.78, 5) is 15.4. The van der Waals surface area contributed by atoms with Gasteiger partial charge in [-0.25, -0.2) is 4.79 Å². The molecule has 0 aliphatic carbocycles. The summed E-state index contributed by atoms with van der Waals surface area (Å²) in [6.07, 6.45) is 12.2. The standard InChI is InChI=1S/C16H28N2O3/c1-3-5-6-7-8-9-10-11-12-13-14-17-15(18-21-14)16(19)20-4-2/h3-13H2,1-2H3. The molecule has 5 nitrogen and oxygen atoms in total. The molecule has 1 rings (SSSR count). The molecule has 0 spiro atoms. The molecule has 0 N–H and O–H groups in total. The third-order valence-electron chi connectivity index (χ3n) is 3.42. The Morgan fingerprint density at radius 3 is 2.24 bits per heavy atom. The van der Waals surface area contributed by atoms with Gasteiger partial charge in [-0.15, -0.1) is 0 Å². The van der Waals surface area contributed by atoms with E-state index >= 15 is 0 Å². The number of carbonyl (C=O) groups excluding carboxylic acids is 1. The van der Waals surface area contributed by atoms with E-state index in [1.807, 2.05) is 0 Å². The molecule has 0 bridgehead atoms. The Balaban J connectivity index is 2.04. The number of esters is 1. The van der Waals surface area contributed by atoms with Gasteiger partial charge in [-0.1, -0.05) is 58.3 Å². The molecule has 0 saturated carbocycles. The first kappa shape index (κ1) is 17.7. The third-order valence-corrected chi connectivity index (χ3v) is 3.42. The molecule has 0 aliphatic heterocycles. The highest BCUT2D eigenvalue weighted by Crippen LogP contribution is 2.11. The molecule has 120 valence electrons. The fourth-order valence-electron chi connectivity index (χ4n) is 2.22. The van der Waals surface area contributed by atoms with Crippen molar-refractivity contribution >= 4 is 5.97 Å². The first-order valence-corrected chi connectivity index (χ1v) is 8.27. The van der Waals surface area contributed by atoms with Crippen LogP contribution in [-0.4, -0.2) is 22.7 Å². The van der Waals surface area contributed by atoms with Gasteiger partial charge in [0, 0.05) is 6.42 Å². The van der Waals surface area contributed by atoms with Gasteiger partial charge < -0.3 is 9.26 Å². The zero-order valence-electron chi connectivity index (χ0n) is 13.4. The maximum Gasteiger partial charge on any atom is 0.379 e. The van der Waals surface area contributed by atoms with Gasteiger partial charge in [-0.2, -0.15) is 4.98 Å². The molecule has 0 aromatic carbocycles. The minimum Gasteiger partial charge on any atom is -0.460 e. The lowest BCUT2D eigenvalue weighted by atomic mass is 10.1. The van der Waals surface area contributed by atoms with E-state index in [-0.39, 0.29) is 5.82 Å². The molecule has 0 atom stereocenters. The molecule has 0 aliphatic rings. The third kappa shape index (κ3) is 7.83. The van der Waals surface area contributed by atoms with Crippen molar-refractivity contribution in [2.45, 2.75) is 78.1 Å². The largest absolute Gasteiger partial charge is 0.460 e. The molecule has 0 unspecified atom stereocenters. The van der Waals surface area contributed by atoms with Gasteiger partial charge in [0.25, 0.3) is 5.82 Å². The molecule has 21 heavy (non-hydrogen) atoms. The maximum absolute atomic E-state index is 11.4. The number of carbonyl (C=O) groups is 1. The van der Waals surface area contributed by atoms with Crippen molar-refractivity contribution in [3.05, 3.63) is 11.7 Å². The fraction of sp³-hybridized carbons (Fsp3) is 0.812. The minimum atomic E-state index is -0.514. The summed E-state index contributed by atoms with van der Waals surface area (Å²) in [6.45, 7) is 4.31. The van der Waals surface area contributed by atoms with E-state index in [1.165, 1.54) is 51.4 Å². The number of rotatable bonds is 12. The summed E-state index contributed by atoms with van der Waals surface area (Å²) < 4.78 is 9.86. The van der Waals surface area contributed by atoms with Gasteiger partial charge in [0.2, 0.25) is 5.89 Å². The van der Waals surface area contributed by atoms with Crippen LogP contribution in [0.15, 0.2) is 4.52 Å². The van der Waals surface area contributed by atoms with Crippen molar-refractivity contribution in [1.82, 2.24) is 10.1 Å². The lowest BCUT2D eigenvalue weighted by Crippen LogP contribution is -2.06. The van der Waals surface area contributed by atoms with Crippen molar-refractivity contribution in [1.29, 1.82) is 0 Å². The highest BCUT2D eigenvalue weighted by molar-refractivity contribution is 5.84. The Morgan fingerprint density at radius 1 is 1.00 bits per heavy atom. The predicted octanol–water partition coefficient (Wildman–Crippen LogP) is 4.32. The lowest BCUT2D eigenvalue weighted by molar-refractivity contribution is 0.0508. The van der Waals surface area contributed by atoms with Crippen LogP contribution in [0.1, 0.15) is 88.1 Å². The molecule has 0 amide bonds. The van der Waals surface area contributed by atoms with Gasteiger partial charge in [0.1, 0.15) is 0 Å². The fourth-order valence-corrected chi connectivity index (χ4v) is 2.22. The van der Waals surface area contributed by atoms with Gasteiger partial charge in [0.05, 0.1) is 6.61 Å². The second kappa shape index (κ2) is 11.3. The molecule has 1 aromatic heterocycles. The summed E-state index contributed by atoms with van der Waals surface area (Å²) >= 11 is 0. The second-order valence-corrected chi connectivity index (χ2v) is 5.31. The molecule has 0 saturated heterocycles. The minimum absolute atomic E-state index is 0.0303. The average molecular weight is 296 g/mol. The van der Waals surface area contributed by atoms with E-state index in [0.717, 1.165) is 12.8 Å². The second-order valence-electron chi connectivity index (χ2n) is 5.31. The van der Waals surface area contributed by atoms with Crippen LogP contribution in [0, 0.1) is 0 Å². The van der Waals surface area contributed by atoms with Crippen LogP contribution in [-0.2, 0) is 11.2 Å². The number of hydrogen-bond donors (Lipinski definition) is 0. The van der Waals surface area contributed by atoms with E-state index in [0.29, 0.717) is 12.5 Å². The number of aromatic nitrogens is 2. The van der Waals surface area contributed by atoms with Gasteiger partial charge >= 0.3 is 5.97 Å². The van der Waals surface area contributed by atoms with Crippen molar-refractivity contribution in [2.24, 2.45) is 0 Å². The molecular formula is C16H28N2O3. The average Bonchev–Trinajstić information content (AvgIpc) is 2.95. The summed E-state index contributed by atoms with van der Waals surface area (Å²) in [6, 6.07) is 0. The summed E-state index contributed by atoms with van der Waals surface area (Å²) in [5.74, 6) is 0.0448. The van der Waals surface area contributed by atoms with Crippen LogP contribution in [0.2, 0.25) is 0 Å². The van der Waals surface area contributed by atoms with Gasteiger partial charge in [-0.05, 0) is 18.5 Å². The highest BCUT2D eigenvalue weighted by atomic mass is 16.5. The molecule has 5 heteroatoms. The number of nitrogens with zero attached hydrogens (tertiary/aromatic N) is 2. The molecule has 1 aromatic rings. The van der Waals surface area contributed by atoms with E-state index in [4.69, 9.17) is 9.26 Å². The maximum atomic E-state index is 11.4. The van der Waals surface area contributed by atoms with E-state index in [1.54, 1.807) is 6.92 Å². The summed E-state index contributed by atoms with van der Waals surface area (Å²) in [5.41, 5.74) is 0. The lowest BCUT2D eigenvalue weighted by Gasteiger charge is -2.00. The van der Waals surface area contributed by atoms with Gasteiger partial charge in [0.15, 0.2) is 0 Å². The first-order chi connectivity index (χ1) is 10.3. The monoisotopic (exact) mass is 296 g/mol. The Bertz CT molecular complexity index is 391. The zero-order chi connectivity index (χ0) is 15.3. The summed E-state index contributed by atoms with van der Waals surface area (Å²) in [5, 5.41) is 3.63. The Morgan fingerprint density at radius 2 is 1.62 bits per heavy atom. The molecular weight excluding hydrogens is 268 g/mol. The van der Waals surface area contributed by atoms with E-state index in [2.05, 4.69) is 17.1 Å². The number of hydrogen-bond acceptors (Lipinski definition) is 5. The van der Waals surface area contributed by atoms with Crippen molar-refractivity contribution in [2.75, 3.05) is 6.61 Å². The number of aryl methyl sites for hydroxylation is 1. The highest BCUT2D eigenvalue weighted by Gasteiger charge is 2.14. The van der Waals surface area contributed by atoms with Crippen molar-refractivity contribution < 1.29 is 14.1 Å². The molecule has 1 heterocycles. The van der Waals surface area contributed by atoms with Gasteiger partial charge in [-0.3, -0.25) is 0 Å². The van der Waals surface area contributed by atoms with Crippen LogP contribution < -0.4 is 0 Å². The normalized spacial score (nSPS) is 10.8. The van der Waals surface area contributed by atoms with Crippen molar-refractivity contribution in [3.63, 3.8) is 0 Å². The Labute approximate surface area is 127 Å². The smallest absolute Gasteiger partial charge is 0.379 e. The SMILES string of the molecule is CCCCCCCCCCCc1nc(C(=O)OCC)no1. The zero-order valence-corrected chi connectivity index (χ0v) is 13.4. The van der Waals surface area contributed by atoms with Crippen LogP contribution in [0.3, 0.4) is 0 Å². The molecule has 0 radical (unpaired) electrons. The number of ether oxygens (including phenoxy) is 1. The van der Waals surface area contributed by atoms with Crippen LogP contribution in [0.5, 0.6) is 0 Å². The van der Waals surface area contributed by atoms with Crippen LogP contribution in [0.4, 0.5) is 0 Å². The van der Waals surface area contributed by atoms with Crippen molar-refractivity contribution in [3.8, 4) is 0 Å². The van der Waals surface area contributed by atoms with E-state index < -0.39 is 5.97 Å². The summed E-state index contributed by atoms with van der Waals surface area (Å²) in [7, 11) is 0.